The van der Waals surface area contributed by atoms with E-state index in [1.54, 1.807) is 13.8 Å². The lowest BCUT2D eigenvalue weighted by molar-refractivity contribution is 0.0687. The largest absolute Gasteiger partial charge is 0.476 e. The molecule has 2 N–H and O–H groups in total. The van der Waals surface area contributed by atoms with Gasteiger partial charge in [0.25, 0.3) is 10.0 Å². The molecule has 0 aliphatic heterocycles. The molecule has 0 fully saturated rings. The highest BCUT2D eigenvalue weighted by molar-refractivity contribution is 7.91. The molecule has 0 saturated heterocycles. The second kappa shape index (κ2) is 6.42. The van der Waals surface area contributed by atoms with Gasteiger partial charge in [0.05, 0.1) is 5.51 Å². The average Bonchev–Trinajstić information content (AvgIpc) is 2.78. The van der Waals surface area contributed by atoms with Crippen LogP contribution in [0, 0.1) is 0 Å². The quantitative estimate of drug-likeness (QED) is 0.764. The summed E-state index contributed by atoms with van der Waals surface area (Å²) in [6.07, 6.45) is 0.290. The number of hydrogen-bond acceptors (Lipinski definition) is 6. The Kier molecular flexibility index (Phi) is 5.41. The lowest BCUT2D eigenvalue weighted by Crippen LogP contribution is -2.38. The normalized spacial score (nSPS) is 12.3. The van der Waals surface area contributed by atoms with Gasteiger partial charge in [0.2, 0.25) is 0 Å². The molecule has 1 heterocycles. The van der Waals surface area contributed by atoms with Crippen molar-refractivity contribution in [2.45, 2.75) is 30.5 Å². The number of rotatable bonds is 7. The molecule has 0 radical (unpaired) electrons. The Bertz CT molecular complexity index is 538. The second-order valence-electron chi connectivity index (χ2n) is 4.08. The summed E-state index contributed by atoms with van der Waals surface area (Å²) in [5.74, 6) is -1.37. The smallest absolute Gasteiger partial charge is 0.356 e. The third kappa shape index (κ3) is 3.50. The van der Waals surface area contributed by atoms with Crippen molar-refractivity contribution in [2.24, 2.45) is 0 Å². The third-order valence-electron chi connectivity index (χ3n) is 2.39. The van der Waals surface area contributed by atoms with Crippen molar-refractivity contribution in [3.05, 3.63) is 11.2 Å². The summed E-state index contributed by atoms with van der Waals surface area (Å²) < 4.78 is 25.7. The Morgan fingerprint density at radius 3 is 2.63 bits per heavy atom. The number of aliphatic hydroxyl groups is 1. The van der Waals surface area contributed by atoms with Gasteiger partial charge in [-0.25, -0.2) is 18.2 Å². The molecule has 9 heteroatoms. The van der Waals surface area contributed by atoms with E-state index in [9.17, 15) is 13.2 Å². The summed E-state index contributed by atoms with van der Waals surface area (Å²) in [5, 5.41) is 17.7. The fourth-order valence-corrected chi connectivity index (χ4v) is 4.48. The van der Waals surface area contributed by atoms with Crippen LogP contribution in [0.3, 0.4) is 0 Å². The van der Waals surface area contributed by atoms with Crippen LogP contribution < -0.4 is 0 Å². The number of sulfonamides is 1. The van der Waals surface area contributed by atoms with E-state index in [0.717, 1.165) is 11.3 Å². The molecule has 108 valence electrons. The molecule has 1 aromatic rings. The number of hydrogen-bond donors (Lipinski definition) is 2. The number of nitrogens with zero attached hydrogens (tertiary/aromatic N) is 2. The van der Waals surface area contributed by atoms with Gasteiger partial charge < -0.3 is 10.2 Å². The molecule has 0 spiro atoms. The molecule has 0 saturated carbocycles. The average molecular weight is 308 g/mol. The molecule has 0 unspecified atom stereocenters. The Balaban J connectivity index is 3.19. The fourth-order valence-electron chi connectivity index (χ4n) is 1.55. The highest BCUT2D eigenvalue weighted by atomic mass is 32.2. The number of aliphatic hydroxyl groups excluding tert-OH is 1. The molecule has 1 rings (SSSR count). The maximum absolute atomic E-state index is 12.4. The van der Waals surface area contributed by atoms with Crippen LogP contribution in [0.4, 0.5) is 0 Å². The van der Waals surface area contributed by atoms with Crippen molar-refractivity contribution in [3.63, 3.8) is 0 Å². The molecule has 1 aromatic heterocycles. The fraction of sp³-hybridized carbons (Fsp3) is 0.600. The lowest BCUT2D eigenvalue weighted by Gasteiger charge is -2.24. The first-order chi connectivity index (χ1) is 8.82. The van der Waals surface area contributed by atoms with Crippen molar-refractivity contribution in [3.8, 4) is 0 Å². The maximum Gasteiger partial charge on any atom is 0.356 e. The van der Waals surface area contributed by atoms with E-state index >= 15 is 0 Å². The topological polar surface area (TPSA) is 108 Å². The number of aromatic nitrogens is 1. The number of aromatic carboxylic acids is 1. The first kappa shape index (κ1) is 16.0. The summed E-state index contributed by atoms with van der Waals surface area (Å²) >= 11 is 0.780. The maximum atomic E-state index is 12.4. The van der Waals surface area contributed by atoms with E-state index in [-0.39, 0.29) is 23.4 Å². The molecule has 7 nitrogen and oxygen atoms in total. The summed E-state index contributed by atoms with van der Waals surface area (Å²) in [5.41, 5.74) is 0.737. The minimum atomic E-state index is -3.91. The Morgan fingerprint density at radius 2 is 2.16 bits per heavy atom. The highest BCUT2D eigenvalue weighted by Gasteiger charge is 2.32. The van der Waals surface area contributed by atoms with Crippen LogP contribution in [-0.4, -0.2) is 53.1 Å². The number of carboxylic acid groups (broad SMARTS) is 1. The van der Waals surface area contributed by atoms with Crippen LogP contribution in [0.15, 0.2) is 9.72 Å². The van der Waals surface area contributed by atoms with Gasteiger partial charge >= 0.3 is 5.97 Å². The molecule has 0 aliphatic carbocycles. The third-order valence-corrected chi connectivity index (χ3v) is 5.82. The van der Waals surface area contributed by atoms with Crippen molar-refractivity contribution in [1.82, 2.24) is 9.29 Å². The van der Waals surface area contributed by atoms with Gasteiger partial charge in [-0.3, -0.25) is 0 Å². The number of thiazole rings is 1. The number of carbonyl (C=O) groups is 1. The molecule has 0 amide bonds. The van der Waals surface area contributed by atoms with Gasteiger partial charge in [0, 0.05) is 19.2 Å². The first-order valence-electron chi connectivity index (χ1n) is 5.61. The zero-order valence-corrected chi connectivity index (χ0v) is 12.2. The molecular formula is C10H16N2O5S2. The van der Waals surface area contributed by atoms with Gasteiger partial charge in [0.1, 0.15) is 0 Å². The minimum absolute atomic E-state index is 0.132. The first-order valence-corrected chi connectivity index (χ1v) is 7.93. The van der Waals surface area contributed by atoms with E-state index in [4.69, 9.17) is 10.2 Å². The van der Waals surface area contributed by atoms with Crippen LogP contribution in [0.1, 0.15) is 30.8 Å². The zero-order chi connectivity index (χ0) is 14.6. The van der Waals surface area contributed by atoms with E-state index in [0.29, 0.717) is 6.42 Å². The van der Waals surface area contributed by atoms with E-state index < -0.39 is 21.7 Å². The highest BCUT2D eigenvalue weighted by Crippen LogP contribution is 2.25. The van der Waals surface area contributed by atoms with Crippen LogP contribution in [0.5, 0.6) is 0 Å². The van der Waals surface area contributed by atoms with Gasteiger partial charge in [-0.15, -0.1) is 11.3 Å². The predicted octanol–water partition coefficient (Wildman–Crippen LogP) is 0.623. The summed E-state index contributed by atoms with van der Waals surface area (Å²) in [6, 6.07) is -0.333. The molecule has 0 atom stereocenters. The van der Waals surface area contributed by atoms with Gasteiger partial charge in [-0.2, -0.15) is 4.31 Å². The number of carboxylic acids is 1. The SMILES string of the molecule is CC(C)N(CCCO)S(=O)(=O)c1scnc1C(=O)O. The monoisotopic (exact) mass is 308 g/mol. The molecule has 0 aliphatic rings. The predicted molar refractivity (Wildman–Crippen MR) is 69.8 cm³/mol. The van der Waals surface area contributed by atoms with E-state index in [1.807, 2.05) is 0 Å². The second-order valence-corrected chi connectivity index (χ2v) is 7.02. The van der Waals surface area contributed by atoms with Crippen LogP contribution >= 0.6 is 11.3 Å². The van der Waals surface area contributed by atoms with Crippen LogP contribution in [-0.2, 0) is 10.0 Å². The van der Waals surface area contributed by atoms with Crippen LogP contribution in [0.25, 0.3) is 0 Å². The van der Waals surface area contributed by atoms with Gasteiger partial charge in [-0.1, -0.05) is 0 Å². The lowest BCUT2D eigenvalue weighted by atomic mass is 10.3. The standard InChI is InChI=1S/C10H16N2O5S2/c1-7(2)12(4-3-5-13)19(16,17)10-8(9(14)15)11-6-18-10/h6-7,13H,3-5H2,1-2H3,(H,14,15). The summed E-state index contributed by atoms with van der Waals surface area (Å²) in [4.78, 5) is 14.5. The van der Waals surface area contributed by atoms with Crippen molar-refractivity contribution < 1.29 is 23.4 Å². The Hall–Kier alpha value is -1.03. The molecule has 19 heavy (non-hydrogen) atoms. The Morgan fingerprint density at radius 1 is 1.53 bits per heavy atom. The van der Waals surface area contributed by atoms with Crippen LogP contribution in [0.2, 0.25) is 0 Å². The minimum Gasteiger partial charge on any atom is -0.476 e. The van der Waals surface area contributed by atoms with Crippen molar-refractivity contribution in [1.29, 1.82) is 0 Å². The van der Waals surface area contributed by atoms with E-state index in [2.05, 4.69) is 4.98 Å². The van der Waals surface area contributed by atoms with Crippen molar-refractivity contribution in [2.75, 3.05) is 13.2 Å². The molecule has 0 aromatic carbocycles. The van der Waals surface area contributed by atoms with Gasteiger partial charge in [-0.05, 0) is 20.3 Å². The molecule has 0 bridgehead atoms. The molecular weight excluding hydrogens is 292 g/mol. The zero-order valence-electron chi connectivity index (χ0n) is 10.6. The summed E-state index contributed by atoms with van der Waals surface area (Å²) in [7, 11) is -3.91. The van der Waals surface area contributed by atoms with Crippen molar-refractivity contribution >= 4 is 27.3 Å². The van der Waals surface area contributed by atoms with Gasteiger partial charge in [0.15, 0.2) is 9.90 Å². The van der Waals surface area contributed by atoms with E-state index in [1.165, 1.54) is 9.82 Å². The Labute approximate surface area is 115 Å². The summed E-state index contributed by atoms with van der Waals surface area (Å²) in [6.45, 7) is 3.38.